The third kappa shape index (κ3) is 2.67. The summed E-state index contributed by atoms with van der Waals surface area (Å²) in [5.74, 6) is -0.795. The number of hydrogen-bond donors (Lipinski definition) is 2. The van der Waals surface area contributed by atoms with Crippen molar-refractivity contribution in [1.29, 1.82) is 0 Å². The van der Waals surface area contributed by atoms with Crippen molar-refractivity contribution < 1.29 is 14.7 Å². The van der Waals surface area contributed by atoms with Crippen LogP contribution in [0.5, 0.6) is 0 Å². The van der Waals surface area contributed by atoms with Crippen molar-refractivity contribution in [1.82, 2.24) is 5.32 Å². The van der Waals surface area contributed by atoms with Crippen molar-refractivity contribution in [3.63, 3.8) is 0 Å². The highest BCUT2D eigenvalue weighted by atomic mass is 32.1. The van der Waals surface area contributed by atoms with Gasteiger partial charge >= 0.3 is 5.97 Å². The predicted molar refractivity (Wildman–Crippen MR) is 78.1 cm³/mol. The van der Waals surface area contributed by atoms with Gasteiger partial charge in [-0.3, -0.25) is 4.79 Å². The lowest BCUT2D eigenvalue weighted by atomic mass is 10.1. The first-order chi connectivity index (χ1) is 9.65. The first kappa shape index (κ1) is 13.1. The molecule has 1 heterocycles. The largest absolute Gasteiger partial charge is 0.480 e. The average Bonchev–Trinajstić information content (AvgIpc) is 3.14. The normalized spacial score (nSPS) is 16.0. The molecular formula is C15H15NO3S. The van der Waals surface area contributed by atoms with E-state index in [4.69, 9.17) is 0 Å². The number of hydrogen-bond acceptors (Lipinski definition) is 3. The Balaban J connectivity index is 1.78. The lowest BCUT2D eigenvalue weighted by Crippen LogP contribution is -2.41. The Morgan fingerprint density at radius 2 is 2.10 bits per heavy atom. The van der Waals surface area contributed by atoms with Crippen molar-refractivity contribution in [3.8, 4) is 0 Å². The van der Waals surface area contributed by atoms with Crippen molar-refractivity contribution in [2.75, 3.05) is 0 Å². The summed E-state index contributed by atoms with van der Waals surface area (Å²) in [6, 6.07) is 6.86. The van der Waals surface area contributed by atoms with Crippen LogP contribution < -0.4 is 5.32 Å². The van der Waals surface area contributed by atoms with Gasteiger partial charge in [0.05, 0.1) is 5.56 Å². The summed E-state index contributed by atoms with van der Waals surface area (Å²) in [7, 11) is 0. The molecule has 4 nitrogen and oxygen atoms in total. The standard InChI is InChI=1S/C15H15NO3S/c17-14(16-12(15(18)19)7-9-5-6-9)11-8-20-13-4-2-1-3-10(11)13/h1-4,8-9,12H,5-7H2,(H,16,17)(H,18,19). The van der Waals surface area contributed by atoms with Crippen LogP contribution in [0.15, 0.2) is 29.6 Å². The molecule has 0 radical (unpaired) electrons. The number of aliphatic carboxylic acids is 1. The molecule has 1 aromatic heterocycles. The third-order valence-electron chi connectivity index (χ3n) is 3.59. The molecule has 104 valence electrons. The van der Waals surface area contributed by atoms with Gasteiger partial charge in [0.15, 0.2) is 0 Å². The van der Waals surface area contributed by atoms with Gasteiger partial charge in [-0.05, 0) is 18.4 Å². The smallest absolute Gasteiger partial charge is 0.326 e. The highest BCUT2D eigenvalue weighted by molar-refractivity contribution is 7.17. The summed E-state index contributed by atoms with van der Waals surface area (Å²) in [4.78, 5) is 23.5. The molecule has 0 aliphatic heterocycles. The quantitative estimate of drug-likeness (QED) is 0.889. The summed E-state index contributed by atoms with van der Waals surface area (Å²) in [5.41, 5.74) is 0.563. The third-order valence-corrected chi connectivity index (χ3v) is 4.56. The van der Waals surface area contributed by atoms with Crippen LogP contribution in [0.2, 0.25) is 0 Å². The van der Waals surface area contributed by atoms with Gasteiger partial charge in [0.25, 0.3) is 5.91 Å². The maximum absolute atomic E-state index is 12.3. The Morgan fingerprint density at radius 3 is 2.80 bits per heavy atom. The van der Waals surface area contributed by atoms with Crippen molar-refractivity contribution in [2.45, 2.75) is 25.3 Å². The average molecular weight is 289 g/mol. The SMILES string of the molecule is O=C(NC(CC1CC1)C(=O)O)c1csc2ccccc12. The van der Waals surface area contributed by atoms with E-state index in [2.05, 4.69) is 5.32 Å². The summed E-state index contributed by atoms with van der Waals surface area (Å²) >= 11 is 1.50. The van der Waals surface area contributed by atoms with E-state index < -0.39 is 12.0 Å². The first-order valence-corrected chi connectivity index (χ1v) is 7.53. The van der Waals surface area contributed by atoms with Crippen molar-refractivity contribution in [2.24, 2.45) is 5.92 Å². The molecule has 1 atom stereocenters. The van der Waals surface area contributed by atoms with Gasteiger partial charge < -0.3 is 10.4 Å². The lowest BCUT2D eigenvalue weighted by Gasteiger charge is -2.13. The number of benzene rings is 1. The molecule has 1 aliphatic carbocycles. The molecule has 0 bridgehead atoms. The molecule has 5 heteroatoms. The summed E-state index contributed by atoms with van der Waals surface area (Å²) in [6.45, 7) is 0. The minimum atomic E-state index is -0.954. The molecular weight excluding hydrogens is 274 g/mol. The van der Waals surface area contributed by atoms with E-state index in [1.165, 1.54) is 11.3 Å². The maximum Gasteiger partial charge on any atom is 0.326 e. The lowest BCUT2D eigenvalue weighted by molar-refractivity contribution is -0.139. The van der Waals surface area contributed by atoms with Crippen LogP contribution in [0.25, 0.3) is 10.1 Å². The molecule has 1 unspecified atom stereocenters. The zero-order chi connectivity index (χ0) is 14.1. The number of carboxylic acids is 1. The van der Waals surface area contributed by atoms with Gasteiger partial charge in [0.2, 0.25) is 0 Å². The molecule has 0 spiro atoms. The second-order valence-electron chi connectivity index (χ2n) is 5.19. The second kappa shape index (κ2) is 5.25. The summed E-state index contributed by atoms with van der Waals surface area (Å²) in [5, 5.41) is 14.5. The van der Waals surface area contributed by atoms with Gasteiger partial charge in [0.1, 0.15) is 6.04 Å². The van der Waals surface area contributed by atoms with Crippen LogP contribution in [0, 0.1) is 5.92 Å². The topological polar surface area (TPSA) is 66.4 Å². The zero-order valence-corrected chi connectivity index (χ0v) is 11.7. The van der Waals surface area contributed by atoms with E-state index in [1.807, 2.05) is 24.3 Å². The van der Waals surface area contributed by atoms with E-state index in [0.29, 0.717) is 17.9 Å². The molecule has 20 heavy (non-hydrogen) atoms. The maximum atomic E-state index is 12.3. The molecule has 3 rings (SSSR count). The fourth-order valence-corrected chi connectivity index (χ4v) is 3.24. The summed E-state index contributed by atoms with van der Waals surface area (Å²) in [6.07, 6.45) is 2.67. The number of carbonyl (C=O) groups excluding carboxylic acids is 1. The van der Waals surface area contributed by atoms with Crippen molar-refractivity contribution >= 4 is 33.3 Å². The Labute approximate surface area is 120 Å². The number of rotatable bonds is 5. The Hall–Kier alpha value is -1.88. The minimum absolute atomic E-state index is 0.296. The molecule has 1 aromatic carbocycles. The van der Waals surface area contributed by atoms with Gasteiger partial charge in [-0.2, -0.15) is 0 Å². The van der Waals surface area contributed by atoms with Crippen LogP contribution in [-0.4, -0.2) is 23.0 Å². The van der Waals surface area contributed by atoms with E-state index in [9.17, 15) is 14.7 Å². The Bertz CT molecular complexity index is 660. The molecule has 2 N–H and O–H groups in total. The van der Waals surface area contributed by atoms with Crippen LogP contribution in [-0.2, 0) is 4.79 Å². The first-order valence-electron chi connectivity index (χ1n) is 6.65. The molecule has 1 fully saturated rings. The minimum Gasteiger partial charge on any atom is -0.480 e. The number of thiophene rings is 1. The Morgan fingerprint density at radius 1 is 1.35 bits per heavy atom. The van der Waals surface area contributed by atoms with E-state index in [0.717, 1.165) is 22.9 Å². The summed E-state index contributed by atoms with van der Waals surface area (Å²) < 4.78 is 1.03. The molecule has 0 saturated heterocycles. The van der Waals surface area contributed by atoms with Crippen LogP contribution in [0.3, 0.4) is 0 Å². The van der Waals surface area contributed by atoms with Gasteiger partial charge in [0, 0.05) is 15.5 Å². The van der Waals surface area contributed by atoms with Gasteiger partial charge in [-0.1, -0.05) is 31.0 Å². The highest BCUT2D eigenvalue weighted by Crippen LogP contribution is 2.33. The fraction of sp³-hybridized carbons (Fsp3) is 0.333. The van der Waals surface area contributed by atoms with Gasteiger partial charge in [-0.25, -0.2) is 4.79 Å². The van der Waals surface area contributed by atoms with Crippen molar-refractivity contribution in [3.05, 3.63) is 35.2 Å². The molecule has 1 amide bonds. The highest BCUT2D eigenvalue weighted by Gasteiger charge is 2.30. The van der Waals surface area contributed by atoms with E-state index >= 15 is 0 Å². The second-order valence-corrected chi connectivity index (χ2v) is 6.10. The monoisotopic (exact) mass is 289 g/mol. The van der Waals surface area contributed by atoms with Crippen LogP contribution in [0.1, 0.15) is 29.6 Å². The van der Waals surface area contributed by atoms with E-state index in [1.54, 1.807) is 5.38 Å². The van der Waals surface area contributed by atoms with Crippen LogP contribution >= 0.6 is 11.3 Å². The number of amides is 1. The fourth-order valence-electron chi connectivity index (χ4n) is 2.30. The number of nitrogens with one attached hydrogen (secondary N) is 1. The molecule has 1 aliphatic rings. The molecule has 1 saturated carbocycles. The number of carboxylic acid groups (broad SMARTS) is 1. The zero-order valence-electron chi connectivity index (χ0n) is 10.8. The number of fused-ring (bicyclic) bond motifs is 1. The van der Waals surface area contributed by atoms with Crippen LogP contribution in [0.4, 0.5) is 0 Å². The Kier molecular flexibility index (Phi) is 3.44. The number of carbonyl (C=O) groups is 2. The van der Waals surface area contributed by atoms with E-state index in [-0.39, 0.29) is 5.91 Å². The predicted octanol–water partition coefficient (Wildman–Crippen LogP) is 2.88. The molecule has 2 aromatic rings. The van der Waals surface area contributed by atoms with Gasteiger partial charge in [-0.15, -0.1) is 11.3 Å².